The molecule has 1 N–H and O–H groups in total. The molecule has 8 heteroatoms. The number of nitro groups is 1. The van der Waals surface area contributed by atoms with Gasteiger partial charge in [0.2, 0.25) is 0 Å². The van der Waals surface area contributed by atoms with E-state index in [2.05, 4.69) is 11.9 Å². The molecule has 0 saturated heterocycles. The fourth-order valence-electron chi connectivity index (χ4n) is 2.19. The molecule has 0 aromatic heterocycles. The Hall–Kier alpha value is -2.57. The van der Waals surface area contributed by atoms with E-state index in [0.717, 1.165) is 5.56 Å². The summed E-state index contributed by atoms with van der Waals surface area (Å²) in [6.45, 7) is 3.62. The second-order valence-electron chi connectivity index (χ2n) is 5.34. The van der Waals surface area contributed by atoms with Crippen molar-refractivity contribution in [1.82, 2.24) is 5.32 Å². The van der Waals surface area contributed by atoms with Crippen LogP contribution in [0.15, 0.2) is 49.1 Å². The molecule has 0 unspecified atom stereocenters. The Morgan fingerprint density at radius 2 is 2.00 bits per heavy atom. The van der Waals surface area contributed by atoms with Gasteiger partial charge in [0.15, 0.2) is 6.61 Å². The Kier molecular flexibility index (Phi) is 7.00. The molecule has 136 valence electrons. The molecule has 1 amide bonds. The lowest BCUT2D eigenvalue weighted by molar-refractivity contribution is -0.384. The van der Waals surface area contributed by atoms with Gasteiger partial charge in [0, 0.05) is 34.3 Å². The maximum Gasteiger partial charge on any atom is 0.269 e. The van der Waals surface area contributed by atoms with Crippen LogP contribution in [0.25, 0.3) is 0 Å². The molecule has 0 bridgehead atoms. The standard InChI is InChI=1S/C18H16Cl2N2O4/c1-2-3-12-8-15(22(24)25)6-7-17(12)26-11-18(23)21-10-13-4-5-14(19)9-16(13)20/h2,4-9H,1,3,10-11H2,(H,21,23). The van der Waals surface area contributed by atoms with Crippen LogP contribution in [0, 0.1) is 10.1 Å². The number of hydrogen-bond acceptors (Lipinski definition) is 4. The minimum Gasteiger partial charge on any atom is -0.483 e. The summed E-state index contributed by atoms with van der Waals surface area (Å²) in [5.74, 6) is 0.0501. The number of ether oxygens (including phenoxy) is 1. The molecule has 2 rings (SSSR count). The van der Waals surface area contributed by atoms with Crippen LogP contribution in [0.4, 0.5) is 5.69 Å². The van der Waals surface area contributed by atoms with Gasteiger partial charge in [0.1, 0.15) is 5.75 Å². The maximum absolute atomic E-state index is 12.0. The van der Waals surface area contributed by atoms with Crippen molar-refractivity contribution in [3.05, 3.63) is 80.3 Å². The molecule has 0 radical (unpaired) electrons. The molecule has 0 aliphatic heterocycles. The lowest BCUT2D eigenvalue weighted by Crippen LogP contribution is -2.28. The highest BCUT2D eigenvalue weighted by Gasteiger charge is 2.12. The van der Waals surface area contributed by atoms with Gasteiger partial charge in [0.25, 0.3) is 11.6 Å². The van der Waals surface area contributed by atoms with Gasteiger partial charge in [-0.1, -0.05) is 35.3 Å². The summed E-state index contributed by atoms with van der Waals surface area (Å²) < 4.78 is 5.49. The highest BCUT2D eigenvalue weighted by atomic mass is 35.5. The molecule has 0 aliphatic carbocycles. The average Bonchev–Trinajstić information content (AvgIpc) is 2.60. The first-order valence-corrected chi connectivity index (χ1v) is 8.38. The van der Waals surface area contributed by atoms with Crippen LogP contribution in [-0.2, 0) is 17.8 Å². The number of nitrogens with zero attached hydrogens (tertiary/aromatic N) is 1. The second kappa shape index (κ2) is 9.22. The maximum atomic E-state index is 12.0. The van der Waals surface area contributed by atoms with Gasteiger partial charge >= 0.3 is 0 Å². The van der Waals surface area contributed by atoms with E-state index in [0.29, 0.717) is 27.8 Å². The number of halogens is 2. The molecule has 0 saturated carbocycles. The summed E-state index contributed by atoms with van der Waals surface area (Å²) in [4.78, 5) is 22.4. The first-order valence-electron chi connectivity index (χ1n) is 7.62. The minimum absolute atomic E-state index is 0.0453. The predicted octanol–water partition coefficient (Wildman–Crippen LogP) is 4.33. The van der Waals surface area contributed by atoms with Crippen LogP contribution >= 0.6 is 23.2 Å². The van der Waals surface area contributed by atoms with Crippen molar-refractivity contribution in [3.8, 4) is 5.75 Å². The Bertz CT molecular complexity index is 840. The highest BCUT2D eigenvalue weighted by molar-refractivity contribution is 6.35. The lowest BCUT2D eigenvalue weighted by atomic mass is 10.1. The molecule has 6 nitrogen and oxygen atoms in total. The number of amides is 1. The number of nitro benzene ring substituents is 1. The van der Waals surface area contributed by atoms with E-state index >= 15 is 0 Å². The van der Waals surface area contributed by atoms with Crippen molar-refractivity contribution in [2.75, 3.05) is 6.61 Å². The SMILES string of the molecule is C=CCc1cc([N+](=O)[O-])ccc1OCC(=O)NCc1ccc(Cl)cc1Cl. The highest BCUT2D eigenvalue weighted by Crippen LogP contribution is 2.25. The van der Waals surface area contributed by atoms with E-state index in [4.69, 9.17) is 27.9 Å². The summed E-state index contributed by atoms with van der Waals surface area (Å²) in [6, 6.07) is 9.21. The Morgan fingerprint density at radius 3 is 2.65 bits per heavy atom. The number of benzene rings is 2. The Labute approximate surface area is 160 Å². The van der Waals surface area contributed by atoms with Gasteiger partial charge in [-0.15, -0.1) is 6.58 Å². The number of carbonyl (C=O) groups is 1. The number of non-ortho nitro benzene ring substituents is 1. The number of nitrogens with one attached hydrogen (secondary N) is 1. The summed E-state index contributed by atoms with van der Waals surface area (Å²) in [5, 5.41) is 14.5. The quantitative estimate of drug-likeness (QED) is 0.410. The second-order valence-corrected chi connectivity index (χ2v) is 6.19. The average molecular weight is 395 g/mol. The zero-order chi connectivity index (χ0) is 19.1. The van der Waals surface area contributed by atoms with E-state index in [1.165, 1.54) is 18.2 Å². The van der Waals surface area contributed by atoms with Gasteiger partial charge < -0.3 is 10.1 Å². The van der Waals surface area contributed by atoms with E-state index in [1.54, 1.807) is 24.3 Å². The lowest BCUT2D eigenvalue weighted by Gasteiger charge is -2.11. The summed E-state index contributed by atoms with van der Waals surface area (Å²) >= 11 is 11.9. The first-order chi connectivity index (χ1) is 12.4. The summed E-state index contributed by atoms with van der Waals surface area (Å²) in [7, 11) is 0. The normalized spacial score (nSPS) is 10.2. The van der Waals surface area contributed by atoms with Crippen molar-refractivity contribution >= 4 is 34.8 Å². The number of hydrogen-bond donors (Lipinski definition) is 1. The van der Waals surface area contributed by atoms with Crippen LogP contribution in [0.1, 0.15) is 11.1 Å². The molecular formula is C18H16Cl2N2O4. The molecule has 0 atom stereocenters. The van der Waals surface area contributed by atoms with Crippen LogP contribution in [-0.4, -0.2) is 17.4 Å². The topological polar surface area (TPSA) is 81.5 Å². The third-order valence-corrected chi connectivity index (χ3v) is 4.06. The van der Waals surface area contributed by atoms with Crippen molar-refractivity contribution in [1.29, 1.82) is 0 Å². The fourth-order valence-corrected chi connectivity index (χ4v) is 2.66. The number of carbonyl (C=O) groups excluding carboxylic acids is 1. The van der Waals surface area contributed by atoms with Crippen LogP contribution < -0.4 is 10.1 Å². The van der Waals surface area contributed by atoms with E-state index < -0.39 is 4.92 Å². The monoisotopic (exact) mass is 394 g/mol. The summed E-state index contributed by atoms with van der Waals surface area (Å²) in [5.41, 5.74) is 1.27. The minimum atomic E-state index is -0.487. The zero-order valence-corrected chi connectivity index (χ0v) is 15.2. The largest absolute Gasteiger partial charge is 0.483 e. The van der Waals surface area contributed by atoms with Crippen molar-refractivity contribution in [2.45, 2.75) is 13.0 Å². The van der Waals surface area contributed by atoms with Crippen molar-refractivity contribution in [3.63, 3.8) is 0 Å². The molecular weight excluding hydrogens is 379 g/mol. The molecule has 0 heterocycles. The van der Waals surface area contributed by atoms with E-state index in [-0.39, 0.29) is 24.7 Å². The molecule has 26 heavy (non-hydrogen) atoms. The number of rotatable bonds is 8. The van der Waals surface area contributed by atoms with Gasteiger partial charge in [-0.05, 0) is 30.2 Å². The molecule has 0 fully saturated rings. The van der Waals surface area contributed by atoms with Crippen molar-refractivity contribution in [2.24, 2.45) is 0 Å². The first kappa shape index (κ1) is 19.8. The predicted molar refractivity (Wildman–Crippen MR) is 101 cm³/mol. The smallest absolute Gasteiger partial charge is 0.269 e. The van der Waals surface area contributed by atoms with Crippen LogP contribution in [0.3, 0.4) is 0 Å². The van der Waals surface area contributed by atoms with Gasteiger partial charge in [-0.2, -0.15) is 0 Å². The molecule has 2 aromatic rings. The van der Waals surface area contributed by atoms with E-state index in [9.17, 15) is 14.9 Å². The van der Waals surface area contributed by atoms with Crippen LogP contribution in [0.5, 0.6) is 5.75 Å². The van der Waals surface area contributed by atoms with E-state index in [1.807, 2.05) is 0 Å². The van der Waals surface area contributed by atoms with Crippen LogP contribution in [0.2, 0.25) is 10.0 Å². The summed E-state index contributed by atoms with van der Waals surface area (Å²) in [6.07, 6.45) is 1.99. The zero-order valence-electron chi connectivity index (χ0n) is 13.7. The van der Waals surface area contributed by atoms with Gasteiger partial charge in [-0.25, -0.2) is 0 Å². The van der Waals surface area contributed by atoms with Gasteiger partial charge in [-0.3, -0.25) is 14.9 Å². The van der Waals surface area contributed by atoms with Gasteiger partial charge in [0.05, 0.1) is 4.92 Å². The molecule has 2 aromatic carbocycles. The Balaban J connectivity index is 1.96. The Morgan fingerprint density at radius 1 is 1.23 bits per heavy atom. The number of allylic oxidation sites excluding steroid dienone is 1. The molecule has 0 aliphatic rings. The third-order valence-electron chi connectivity index (χ3n) is 3.47. The molecule has 0 spiro atoms. The third kappa shape index (κ3) is 5.47. The van der Waals surface area contributed by atoms with Crippen molar-refractivity contribution < 1.29 is 14.5 Å². The fraction of sp³-hybridized carbons (Fsp3) is 0.167.